The smallest absolute Gasteiger partial charge is 0.382 e. The van der Waals surface area contributed by atoms with Gasteiger partial charge in [0.25, 0.3) is 0 Å². The zero-order chi connectivity index (χ0) is 9.68. The monoisotopic (exact) mass is 174 g/mol. The van der Waals surface area contributed by atoms with Crippen molar-refractivity contribution < 1.29 is 9.90 Å². The van der Waals surface area contributed by atoms with Gasteiger partial charge in [-0.05, 0) is 24.1 Å². The van der Waals surface area contributed by atoms with Gasteiger partial charge in [0.05, 0.1) is 0 Å². The Balaban J connectivity index is 2.83. The predicted molar refractivity (Wildman–Crippen MR) is 50.3 cm³/mol. The molecule has 0 fully saturated rings. The van der Waals surface area contributed by atoms with Crippen molar-refractivity contribution in [2.24, 2.45) is 0 Å². The van der Waals surface area contributed by atoms with Gasteiger partial charge in [0.1, 0.15) is 0 Å². The Labute approximate surface area is 77.2 Å². The molecule has 0 aromatic heterocycles. The highest BCUT2D eigenvalue weighted by Crippen LogP contribution is 2.03. The van der Waals surface area contributed by atoms with E-state index in [0.29, 0.717) is 0 Å². The molecule has 0 unspecified atom stereocenters. The fourth-order valence-corrected chi connectivity index (χ4v) is 0.949. The zero-order valence-corrected chi connectivity index (χ0v) is 7.37. The van der Waals surface area contributed by atoms with Crippen LogP contribution in [0.3, 0.4) is 0 Å². The summed E-state index contributed by atoms with van der Waals surface area (Å²) in [5, 5.41) is 8.30. The van der Waals surface area contributed by atoms with Crippen LogP contribution in [0.1, 0.15) is 18.1 Å². The van der Waals surface area contributed by atoms with E-state index in [4.69, 9.17) is 5.11 Å². The Bertz CT molecular complexity index is 352. The first kappa shape index (κ1) is 9.34. The second-order valence-corrected chi connectivity index (χ2v) is 2.61. The third-order valence-electron chi connectivity index (χ3n) is 1.68. The molecular weight excluding hydrogens is 164 g/mol. The molecule has 2 heteroatoms. The number of carbonyl (C=O) groups is 1. The summed E-state index contributed by atoms with van der Waals surface area (Å²) in [7, 11) is 0. The van der Waals surface area contributed by atoms with Crippen LogP contribution in [0.2, 0.25) is 0 Å². The minimum Gasteiger partial charge on any atom is -0.472 e. The van der Waals surface area contributed by atoms with E-state index in [2.05, 4.69) is 18.8 Å². The van der Waals surface area contributed by atoms with E-state index in [1.165, 1.54) is 5.56 Å². The van der Waals surface area contributed by atoms with Gasteiger partial charge in [-0.1, -0.05) is 25.0 Å². The molecule has 0 spiro atoms. The van der Waals surface area contributed by atoms with Crippen LogP contribution in [-0.4, -0.2) is 11.1 Å². The standard InChI is InChI=1S/C11H10O2/c1-2-9-3-5-10(6-4-9)7-8-11(12)13/h3-6H,2H2,1H3,(H,12,13). The minimum atomic E-state index is -1.10. The van der Waals surface area contributed by atoms with Gasteiger partial charge < -0.3 is 5.11 Å². The normalized spacial score (nSPS) is 8.69. The maximum atomic E-state index is 10.1. The molecule has 1 N–H and O–H groups in total. The summed E-state index contributed by atoms with van der Waals surface area (Å²) in [4.78, 5) is 10.1. The lowest BCUT2D eigenvalue weighted by molar-refractivity contribution is -0.130. The van der Waals surface area contributed by atoms with E-state index in [-0.39, 0.29) is 0 Å². The number of carboxylic acids is 1. The number of carboxylic acid groups (broad SMARTS) is 1. The Kier molecular flexibility index (Phi) is 3.10. The van der Waals surface area contributed by atoms with Gasteiger partial charge in [-0.15, -0.1) is 0 Å². The second kappa shape index (κ2) is 4.32. The van der Waals surface area contributed by atoms with Crippen molar-refractivity contribution in [3.05, 3.63) is 35.4 Å². The summed E-state index contributed by atoms with van der Waals surface area (Å²) in [5.74, 6) is 3.51. The lowest BCUT2D eigenvalue weighted by atomic mass is 10.1. The summed E-state index contributed by atoms with van der Waals surface area (Å²) >= 11 is 0. The van der Waals surface area contributed by atoms with Gasteiger partial charge in [0, 0.05) is 11.5 Å². The Morgan fingerprint density at radius 2 is 2.00 bits per heavy atom. The molecule has 0 heterocycles. The van der Waals surface area contributed by atoms with E-state index in [9.17, 15) is 4.79 Å². The summed E-state index contributed by atoms with van der Waals surface area (Å²) in [5.41, 5.74) is 1.96. The molecule has 1 aromatic rings. The van der Waals surface area contributed by atoms with Gasteiger partial charge in [-0.2, -0.15) is 0 Å². The van der Waals surface area contributed by atoms with E-state index in [1.54, 1.807) is 0 Å². The van der Waals surface area contributed by atoms with Crippen LogP contribution >= 0.6 is 0 Å². The van der Waals surface area contributed by atoms with E-state index < -0.39 is 5.97 Å². The number of hydrogen-bond donors (Lipinski definition) is 1. The molecule has 0 aliphatic carbocycles. The van der Waals surface area contributed by atoms with Gasteiger partial charge in [0.15, 0.2) is 0 Å². The Morgan fingerprint density at radius 1 is 1.38 bits per heavy atom. The van der Waals surface area contributed by atoms with Crippen molar-refractivity contribution in [3.63, 3.8) is 0 Å². The lowest BCUT2D eigenvalue weighted by Crippen LogP contribution is -1.87. The average molecular weight is 174 g/mol. The third kappa shape index (κ3) is 3.00. The first-order valence-corrected chi connectivity index (χ1v) is 4.06. The highest BCUT2D eigenvalue weighted by molar-refractivity contribution is 5.87. The molecule has 0 aliphatic rings. The molecule has 0 amide bonds. The van der Waals surface area contributed by atoms with Crippen LogP contribution in [0, 0.1) is 11.8 Å². The van der Waals surface area contributed by atoms with Crippen molar-refractivity contribution in [3.8, 4) is 11.8 Å². The highest BCUT2D eigenvalue weighted by Gasteiger charge is 1.89. The van der Waals surface area contributed by atoms with Gasteiger partial charge in [0.2, 0.25) is 0 Å². The van der Waals surface area contributed by atoms with Gasteiger partial charge in [-0.25, -0.2) is 4.79 Å². The molecule has 0 aliphatic heterocycles. The molecule has 1 aromatic carbocycles. The molecule has 13 heavy (non-hydrogen) atoms. The summed E-state index contributed by atoms with van der Waals surface area (Å²) in [6.45, 7) is 2.07. The van der Waals surface area contributed by atoms with Crippen LogP contribution in [-0.2, 0) is 11.2 Å². The summed E-state index contributed by atoms with van der Waals surface area (Å²) in [6.07, 6.45) is 0.979. The number of hydrogen-bond acceptors (Lipinski definition) is 1. The summed E-state index contributed by atoms with van der Waals surface area (Å²) in [6, 6.07) is 7.56. The molecule has 0 saturated carbocycles. The number of rotatable bonds is 1. The maximum Gasteiger partial charge on any atom is 0.382 e. The topological polar surface area (TPSA) is 37.3 Å². The summed E-state index contributed by atoms with van der Waals surface area (Å²) < 4.78 is 0. The minimum absolute atomic E-state index is 0.736. The van der Waals surface area contributed by atoms with Crippen molar-refractivity contribution >= 4 is 5.97 Å². The van der Waals surface area contributed by atoms with E-state index in [1.807, 2.05) is 24.3 Å². The van der Waals surface area contributed by atoms with Gasteiger partial charge in [-0.3, -0.25) is 0 Å². The molecule has 0 radical (unpaired) electrons. The van der Waals surface area contributed by atoms with E-state index in [0.717, 1.165) is 12.0 Å². The highest BCUT2D eigenvalue weighted by atomic mass is 16.4. The molecule has 2 nitrogen and oxygen atoms in total. The average Bonchev–Trinajstić information content (AvgIpc) is 2.15. The molecule has 0 saturated heterocycles. The lowest BCUT2D eigenvalue weighted by Gasteiger charge is -1.94. The van der Waals surface area contributed by atoms with Crippen LogP contribution in [0.25, 0.3) is 0 Å². The SMILES string of the molecule is CCc1ccc(C#CC(=O)O)cc1. The van der Waals surface area contributed by atoms with E-state index >= 15 is 0 Å². The molecule has 66 valence electrons. The van der Waals surface area contributed by atoms with Crippen LogP contribution < -0.4 is 0 Å². The second-order valence-electron chi connectivity index (χ2n) is 2.61. The first-order chi connectivity index (χ1) is 6.22. The Hall–Kier alpha value is -1.75. The molecule has 0 atom stereocenters. The predicted octanol–water partition coefficient (Wildman–Crippen LogP) is 1.69. The van der Waals surface area contributed by atoms with Crippen LogP contribution in [0.15, 0.2) is 24.3 Å². The number of aliphatic carboxylic acids is 1. The van der Waals surface area contributed by atoms with Crippen molar-refractivity contribution in [2.75, 3.05) is 0 Å². The maximum absolute atomic E-state index is 10.1. The zero-order valence-electron chi connectivity index (χ0n) is 7.37. The molecule has 1 rings (SSSR count). The fourth-order valence-electron chi connectivity index (χ4n) is 0.949. The molecular formula is C11H10O2. The van der Waals surface area contributed by atoms with Crippen molar-refractivity contribution in [1.82, 2.24) is 0 Å². The Morgan fingerprint density at radius 3 is 2.46 bits per heavy atom. The number of benzene rings is 1. The quantitative estimate of drug-likeness (QED) is 0.658. The van der Waals surface area contributed by atoms with Gasteiger partial charge >= 0.3 is 5.97 Å². The number of aryl methyl sites for hydroxylation is 1. The van der Waals surface area contributed by atoms with Crippen LogP contribution in [0.4, 0.5) is 0 Å². The molecule has 0 bridgehead atoms. The van der Waals surface area contributed by atoms with Crippen molar-refractivity contribution in [2.45, 2.75) is 13.3 Å². The van der Waals surface area contributed by atoms with Crippen molar-refractivity contribution in [1.29, 1.82) is 0 Å². The largest absolute Gasteiger partial charge is 0.472 e. The fraction of sp³-hybridized carbons (Fsp3) is 0.182. The first-order valence-electron chi connectivity index (χ1n) is 4.06. The third-order valence-corrected chi connectivity index (χ3v) is 1.68. The van der Waals surface area contributed by atoms with Crippen LogP contribution in [0.5, 0.6) is 0 Å².